The number of nitrogens with zero attached hydrogens (tertiary/aromatic N) is 4. The van der Waals surface area contributed by atoms with Crippen molar-refractivity contribution in [2.45, 2.75) is 32.4 Å². The number of hydrogen-bond acceptors (Lipinski definition) is 3. The normalized spacial score (nSPS) is 14.5. The summed E-state index contributed by atoms with van der Waals surface area (Å²) in [7, 11) is 0. The third kappa shape index (κ3) is 3.28. The first kappa shape index (κ1) is 18.6. The summed E-state index contributed by atoms with van der Waals surface area (Å²) in [6, 6.07) is 18.1. The summed E-state index contributed by atoms with van der Waals surface area (Å²) < 4.78 is 3.37. The van der Waals surface area contributed by atoms with Crippen molar-refractivity contribution >= 4 is 27.7 Å². The standard InChI is InChI=1S/C24H24N4O2/c29-22(26-13-7-2-8-14-26)17-28-24(30)23-20(15-25-28)19-11-5-6-12-21(19)27(23)16-18-9-3-1-4-10-18/h1,3-6,9-12,15H,2,7-8,13-14,16-17H2. The van der Waals surface area contributed by atoms with Crippen LogP contribution in [0.25, 0.3) is 21.8 Å². The highest BCUT2D eigenvalue weighted by Gasteiger charge is 2.20. The van der Waals surface area contributed by atoms with Crippen LogP contribution in [0.4, 0.5) is 0 Å². The molecule has 1 amide bonds. The van der Waals surface area contributed by atoms with E-state index >= 15 is 0 Å². The van der Waals surface area contributed by atoms with Crippen LogP contribution in [0.15, 0.2) is 65.6 Å². The molecule has 1 saturated heterocycles. The topological polar surface area (TPSA) is 60.1 Å². The van der Waals surface area contributed by atoms with Gasteiger partial charge in [0.1, 0.15) is 12.1 Å². The van der Waals surface area contributed by atoms with Crippen LogP contribution in [-0.2, 0) is 17.9 Å². The molecule has 30 heavy (non-hydrogen) atoms. The lowest BCUT2D eigenvalue weighted by Crippen LogP contribution is -2.40. The van der Waals surface area contributed by atoms with Crippen molar-refractivity contribution in [3.05, 3.63) is 76.7 Å². The van der Waals surface area contributed by atoms with Gasteiger partial charge in [-0.2, -0.15) is 5.10 Å². The molecule has 0 saturated carbocycles. The van der Waals surface area contributed by atoms with Crippen LogP contribution in [0.1, 0.15) is 24.8 Å². The molecule has 2 aromatic carbocycles. The highest BCUT2D eigenvalue weighted by atomic mass is 16.2. The Balaban J connectivity index is 1.61. The molecule has 0 radical (unpaired) electrons. The minimum absolute atomic E-state index is 0.0123. The quantitative estimate of drug-likeness (QED) is 0.527. The van der Waals surface area contributed by atoms with E-state index in [1.807, 2.05) is 51.9 Å². The predicted molar refractivity (Wildman–Crippen MR) is 117 cm³/mol. The van der Waals surface area contributed by atoms with Crippen LogP contribution in [0.5, 0.6) is 0 Å². The zero-order valence-corrected chi connectivity index (χ0v) is 16.8. The van der Waals surface area contributed by atoms with Gasteiger partial charge in [-0.25, -0.2) is 4.68 Å². The van der Waals surface area contributed by atoms with Gasteiger partial charge < -0.3 is 9.47 Å². The summed E-state index contributed by atoms with van der Waals surface area (Å²) in [6.07, 6.45) is 4.94. The van der Waals surface area contributed by atoms with Gasteiger partial charge in [0.05, 0.1) is 6.20 Å². The van der Waals surface area contributed by atoms with Gasteiger partial charge in [-0.1, -0.05) is 48.5 Å². The second kappa shape index (κ2) is 7.78. The Morgan fingerprint density at radius 2 is 1.63 bits per heavy atom. The number of hydrogen-bond donors (Lipinski definition) is 0. The smallest absolute Gasteiger partial charge is 0.291 e. The van der Waals surface area contributed by atoms with E-state index in [0.29, 0.717) is 12.1 Å². The Bertz CT molecular complexity index is 1270. The van der Waals surface area contributed by atoms with Crippen LogP contribution in [0.2, 0.25) is 0 Å². The van der Waals surface area contributed by atoms with Crippen LogP contribution in [-0.4, -0.2) is 38.2 Å². The summed E-state index contributed by atoms with van der Waals surface area (Å²) in [6.45, 7) is 2.11. The maximum atomic E-state index is 13.4. The second-order valence-corrected chi connectivity index (χ2v) is 7.90. The van der Waals surface area contributed by atoms with E-state index in [4.69, 9.17) is 0 Å². The van der Waals surface area contributed by atoms with E-state index in [1.165, 1.54) is 4.68 Å². The Morgan fingerprint density at radius 3 is 2.43 bits per heavy atom. The first-order chi connectivity index (χ1) is 14.7. The van der Waals surface area contributed by atoms with Gasteiger partial charge in [-0.15, -0.1) is 0 Å². The van der Waals surface area contributed by atoms with Crippen molar-refractivity contribution < 1.29 is 4.79 Å². The van der Waals surface area contributed by atoms with Gasteiger partial charge in [0.2, 0.25) is 5.91 Å². The van der Waals surface area contributed by atoms with Gasteiger partial charge in [-0.3, -0.25) is 9.59 Å². The first-order valence-electron chi connectivity index (χ1n) is 10.5. The van der Waals surface area contributed by atoms with Crippen molar-refractivity contribution in [3.63, 3.8) is 0 Å². The van der Waals surface area contributed by atoms with E-state index in [9.17, 15) is 9.59 Å². The van der Waals surface area contributed by atoms with Crippen molar-refractivity contribution in [3.8, 4) is 0 Å². The van der Waals surface area contributed by atoms with Gasteiger partial charge in [-0.05, 0) is 30.9 Å². The molecule has 3 heterocycles. The molecule has 0 unspecified atom stereocenters. The molecule has 1 aliphatic heterocycles. The maximum absolute atomic E-state index is 13.4. The largest absolute Gasteiger partial charge is 0.341 e. The lowest BCUT2D eigenvalue weighted by Gasteiger charge is -2.26. The average molecular weight is 400 g/mol. The third-order valence-corrected chi connectivity index (χ3v) is 5.95. The minimum atomic E-state index is -0.218. The number of benzene rings is 2. The number of carbonyl (C=O) groups excluding carboxylic acids is 1. The van der Waals surface area contributed by atoms with Crippen LogP contribution < -0.4 is 5.56 Å². The van der Waals surface area contributed by atoms with Crippen molar-refractivity contribution in [1.29, 1.82) is 0 Å². The lowest BCUT2D eigenvalue weighted by molar-refractivity contribution is -0.133. The molecule has 1 aliphatic rings. The predicted octanol–water partition coefficient (Wildman–Crippen LogP) is 3.41. The number of aromatic nitrogens is 3. The molecular weight excluding hydrogens is 376 g/mol. The van der Waals surface area contributed by atoms with E-state index < -0.39 is 0 Å². The molecular formula is C24H24N4O2. The number of fused-ring (bicyclic) bond motifs is 3. The maximum Gasteiger partial charge on any atom is 0.291 e. The van der Waals surface area contributed by atoms with E-state index in [-0.39, 0.29) is 18.0 Å². The molecule has 0 spiro atoms. The number of amides is 1. The summed E-state index contributed by atoms with van der Waals surface area (Å²) >= 11 is 0. The highest BCUT2D eigenvalue weighted by molar-refractivity contribution is 6.07. The Kier molecular flexibility index (Phi) is 4.83. The van der Waals surface area contributed by atoms with Gasteiger partial charge in [0, 0.05) is 35.9 Å². The average Bonchev–Trinajstić information content (AvgIpc) is 3.11. The summed E-state index contributed by atoms with van der Waals surface area (Å²) in [5, 5.41) is 6.18. The fourth-order valence-corrected chi connectivity index (χ4v) is 4.41. The van der Waals surface area contributed by atoms with Crippen molar-refractivity contribution in [2.75, 3.05) is 13.1 Å². The second-order valence-electron chi connectivity index (χ2n) is 7.90. The molecule has 6 nitrogen and oxygen atoms in total. The number of likely N-dealkylation sites (tertiary alicyclic amines) is 1. The molecule has 0 N–H and O–H groups in total. The third-order valence-electron chi connectivity index (χ3n) is 5.95. The van der Waals surface area contributed by atoms with Crippen LogP contribution >= 0.6 is 0 Å². The molecule has 6 heteroatoms. The minimum Gasteiger partial charge on any atom is -0.341 e. The van der Waals surface area contributed by atoms with E-state index in [1.54, 1.807) is 6.20 Å². The fourth-order valence-electron chi connectivity index (χ4n) is 4.41. The molecule has 5 rings (SSSR count). The van der Waals surface area contributed by atoms with Crippen LogP contribution in [0, 0.1) is 0 Å². The molecule has 2 aromatic heterocycles. The summed E-state index contributed by atoms with van der Waals surface area (Å²) in [5.74, 6) is -0.0330. The molecule has 0 aliphatic carbocycles. The van der Waals surface area contributed by atoms with E-state index in [0.717, 1.165) is 54.2 Å². The number of para-hydroxylation sites is 1. The molecule has 0 atom stereocenters. The highest BCUT2D eigenvalue weighted by Crippen LogP contribution is 2.27. The number of carbonyl (C=O) groups is 1. The van der Waals surface area contributed by atoms with E-state index in [2.05, 4.69) is 17.2 Å². The first-order valence-corrected chi connectivity index (χ1v) is 10.5. The zero-order chi connectivity index (χ0) is 20.5. The Hall–Kier alpha value is -3.41. The Morgan fingerprint density at radius 1 is 0.900 bits per heavy atom. The SMILES string of the molecule is O=C(Cn1ncc2c3ccccc3n(Cc3ccccc3)c2c1=O)N1CCCCC1. The van der Waals surface area contributed by atoms with Crippen molar-refractivity contribution in [1.82, 2.24) is 19.2 Å². The summed E-state index contributed by atoms with van der Waals surface area (Å²) in [4.78, 5) is 28.0. The summed E-state index contributed by atoms with van der Waals surface area (Å²) in [5.41, 5.74) is 2.49. The zero-order valence-electron chi connectivity index (χ0n) is 16.8. The molecule has 1 fully saturated rings. The fraction of sp³-hybridized carbons (Fsp3) is 0.292. The number of piperidine rings is 1. The monoisotopic (exact) mass is 400 g/mol. The number of rotatable bonds is 4. The van der Waals surface area contributed by atoms with Crippen molar-refractivity contribution in [2.24, 2.45) is 0 Å². The van der Waals surface area contributed by atoms with Gasteiger partial charge in [0.25, 0.3) is 5.56 Å². The van der Waals surface area contributed by atoms with Gasteiger partial charge in [0.15, 0.2) is 0 Å². The molecule has 152 valence electrons. The molecule has 4 aromatic rings. The van der Waals surface area contributed by atoms with Gasteiger partial charge >= 0.3 is 0 Å². The lowest BCUT2D eigenvalue weighted by atomic mass is 10.1. The molecule has 0 bridgehead atoms. The Labute approximate surface area is 174 Å². The van der Waals surface area contributed by atoms with Crippen LogP contribution in [0.3, 0.4) is 0 Å².